The average Bonchev–Trinajstić information content (AvgIpc) is 2.81. The Hall–Kier alpha value is -2.61. The number of nitrogens with zero attached hydrogens (tertiary/aromatic N) is 2. The van der Waals surface area contributed by atoms with E-state index in [-0.39, 0.29) is 12.3 Å². The van der Waals surface area contributed by atoms with E-state index in [1.54, 1.807) is 38.1 Å². The Balaban J connectivity index is 2.36. The maximum Gasteiger partial charge on any atom is 0.360 e. The molecule has 5 nitrogen and oxygen atoms in total. The lowest BCUT2D eigenvalue weighted by atomic mass is 10.1. The molecule has 2 rings (SSSR count). The van der Waals surface area contributed by atoms with Crippen LogP contribution in [0.2, 0.25) is 0 Å². The van der Waals surface area contributed by atoms with E-state index in [1.165, 1.54) is 0 Å². The van der Waals surface area contributed by atoms with E-state index in [2.05, 4.69) is 5.16 Å². The predicted octanol–water partition coefficient (Wildman–Crippen LogP) is 2.70. The Morgan fingerprint density at radius 2 is 2.11 bits per heavy atom. The van der Waals surface area contributed by atoms with E-state index in [1.807, 2.05) is 6.07 Å². The first-order chi connectivity index (χ1) is 9.17. The van der Waals surface area contributed by atoms with Crippen molar-refractivity contribution in [2.45, 2.75) is 13.8 Å². The summed E-state index contributed by atoms with van der Waals surface area (Å²) in [6.45, 7) is 3.77. The van der Waals surface area contributed by atoms with Crippen molar-refractivity contribution in [3.8, 4) is 17.4 Å². The normalized spacial score (nSPS) is 9.95. The van der Waals surface area contributed by atoms with Gasteiger partial charge in [-0.3, -0.25) is 0 Å². The SMILES string of the molecule is CCOC(=O)c1noc(-c2ccc(C#N)cc2)c1C. The van der Waals surface area contributed by atoms with Crippen LogP contribution in [0.15, 0.2) is 28.8 Å². The van der Waals surface area contributed by atoms with E-state index in [4.69, 9.17) is 14.5 Å². The fraction of sp³-hybridized carbons (Fsp3) is 0.214. The predicted molar refractivity (Wildman–Crippen MR) is 67.3 cm³/mol. The molecule has 0 fully saturated rings. The van der Waals surface area contributed by atoms with Crippen LogP contribution in [0.25, 0.3) is 11.3 Å². The number of esters is 1. The monoisotopic (exact) mass is 256 g/mol. The smallest absolute Gasteiger partial charge is 0.360 e. The highest BCUT2D eigenvalue weighted by atomic mass is 16.5. The van der Waals surface area contributed by atoms with Gasteiger partial charge in [-0.15, -0.1) is 0 Å². The Labute approximate surface area is 110 Å². The first-order valence-electron chi connectivity index (χ1n) is 5.81. The third kappa shape index (κ3) is 2.47. The molecule has 0 atom stereocenters. The molecule has 0 unspecified atom stereocenters. The summed E-state index contributed by atoms with van der Waals surface area (Å²) in [5, 5.41) is 12.5. The lowest BCUT2D eigenvalue weighted by Crippen LogP contribution is -2.06. The molecule has 0 amide bonds. The van der Waals surface area contributed by atoms with E-state index >= 15 is 0 Å². The number of ether oxygens (including phenoxy) is 1. The fourth-order valence-corrected chi connectivity index (χ4v) is 1.69. The van der Waals surface area contributed by atoms with Gasteiger partial charge in [-0.25, -0.2) is 4.79 Å². The molecule has 1 aromatic carbocycles. The van der Waals surface area contributed by atoms with Gasteiger partial charge in [-0.1, -0.05) is 5.16 Å². The van der Waals surface area contributed by atoms with Crippen molar-refractivity contribution in [3.63, 3.8) is 0 Å². The van der Waals surface area contributed by atoms with Gasteiger partial charge >= 0.3 is 5.97 Å². The third-order valence-electron chi connectivity index (χ3n) is 2.67. The molecule has 0 aliphatic carbocycles. The van der Waals surface area contributed by atoms with Gasteiger partial charge in [0.15, 0.2) is 11.5 Å². The topological polar surface area (TPSA) is 76.1 Å². The van der Waals surface area contributed by atoms with Crippen LogP contribution >= 0.6 is 0 Å². The summed E-state index contributed by atoms with van der Waals surface area (Å²) in [5.74, 6) is 0.0104. The number of benzene rings is 1. The van der Waals surface area contributed by atoms with Crippen LogP contribution in [-0.2, 0) is 4.74 Å². The molecule has 2 aromatic rings. The molecule has 0 aliphatic rings. The largest absolute Gasteiger partial charge is 0.461 e. The van der Waals surface area contributed by atoms with Crippen LogP contribution in [0.1, 0.15) is 28.5 Å². The first-order valence-corrected chi connectivity index (χ1v) is 5.81. The summed E-state index contributed by atoms with van der Waals surface area (Å²) in [4.78, 5) is 11.6. The quantitative estimate of drug-likeness (QED) is 0.789. The van der Waals surface area contributed by atoms with Crippen LogP contribution in [0, 0.1) is 18.3 Å². The molecule has 0 saturated carbocycles. The summed E-state index contributed by atoms with van der Waals surface area (Å²) in [6, 6.07) is 8.91. The van der Waals surface area contributed by atoms with Gasteiger partial charge in [-0.2, -0.15) is 5.26 Å². The van der Waals surface area contributed by atoms with Gasteiger partial charge in [-0.05, 0) is 38.1 Å². The molecule has 1 heterocycles. The van der Waals surface area contributed by atoms with Crippen LogP contribution in [-0.4, -0.2) is 17.7 Å². The number of nitriles is 1. The van der Waals surface area contributed by atoms with Gasteiger partial charge in [0.05, 0.1) is 18.2 Å². The standard InChI is InChI=1S/C14H12N2O3/c1-3-18-14(17)12-9(2)13(19-16-12)11-6-4-10(8-15)5-7-11/h4-7H,3H2,1-2H3. The molecule has 96 valence electrons. The second kappa shape index (κ2) is 5.36. The van der Waals surface area contributed by atoms with Crippen molar-refractivity contribution in [2.24, 2.45) is 0 Å². The van der Waals surface area contributed by atoms with Crippen LogP contribution in [0.4, 0.5) is 0 Å². The highest BCUT2D eigenvalue weighted by molar-refractivity contribution is 5.90. The molecule has 0 saturated heterocycles. The Bertz CT molecular complexity index is 636. The fourth-order valence-electron chi connectivity index (χ4n) is 1.69. The average molecular weight is 256 g/mol. The minimum Gasteiger partial charge on any atom is -0.461 e. The summed E-state index contributed by atoms with van der Waals surface area (Å²) >= 11 is 0. The molecule has 0 spiro atoms. The van der Waals surface area contributed by atoms with Crippen molar-refractivity contribution in [2.75, 3.05) is 6.61 Å². The van der Waals surface area contributed by atoms with Crippen LogP contribution in [0.5, 0.6) is 0 Å². The zero-order chi connectivity index (χ0) is 13.8. The lowest BCUT2D eigenvalue weighted by molar-refractivity contribution is 0.0514. The van der Waals surface area contributed by atoms with Crippen LogP contribution in [0.3, 0.4) is 0 Å². The molecule has 0 radical (unpaired) electrons. The van der Waals surface area contributed by atoms with Crippen molar-refractivity contribution >= 4 is 5.97 Å². The molecule has 0 aliphatic heterocycles. The Kier molecular flexibility index (Phi) is 3.62. The zero-order valence-corrected chi connectivity index (χ0v) is 10.6. The van der Waals surface area contributed by atoms with E-state index < -0.39 is 5.97 Å². The minimum absolute atomic E-state index is 0.182. The van der Waals surface area contributed by atoms with Crippen molar-refractivity contribution in [1.29, 1.82) is 5.26 Å². The number of rotatable bonds is 3. The maximum atomic E-state index is 11.6. The lowest BCUT2D eigenvalue weighted by Gasteiger charge is -1.99. The van der Waals surface area contributed by atoms with Gasteiger partial charge in [0.1, 0.15) is 0 Å². The van der Waals surface area contributed by atoms with E-state index in [0.717, 1.165) is 5.56 Å². The molecule has 19 heavy (non-hydrogen) atoms. The zero-order valence-electron chi connectivity index (χ0n) is 10.6. The van der Waals surface area contributed by atoms with Crippen molar-refractivity contribution in [3.05, 3.63) is 41.1 Å². The van der Waals surface area contributed by atoms with Gasteiger partial charge in [0.2, 0.25) is 0 Å². The molecule has 0 bridgehead atoms. The minimum atomic E-state index is -0.497. The molecule has 1 aromatic heterocycles. The summed E-state index contributed by atoms with van der Waals surface area (Å²) < 4.78 is 10.1. The van der Waals surface area contributed by atoms with Crippen molar-refractivity contribution in [1.82, 2.24) is 5.16 Å². The molecular weight excluding hydrogens is 244 g/mol. The molecule has 5 heteroatoms. The maximum absolute atomic E-state index is 11.6. The molecular formula is C14H12N2O3. The van der Waals surface area contributed by atoms with Gasteiger partial charge in [0.25, 0.3) is 0 Å². The number of carbonyl (C=O) groups is 1. The first kappa shape index (κ1) is 12.8. The molecule has 0 N–H and O–H groups in total. The van der Waals surface area contributed by atoms with E-state index in [9.17, 15) is 4.79 Å². The van der Waals surface area contributed by atoms with Gasteiger partial charge in [0, 0.05) is 11.1 Å². The summed E-state index contributed by atoms with van der Waals surface area (Å²) in [5.41, 5.74) is 2.13. The number of carbonyl (C=O) groups excluding carboxylic acids is 1. The van der Waals surface area contributed by atoms with Crippen LogP contribution < -0.4 is 0 Å². The van der Waals surface area contributed by atoms with Gasteiger partial charge < -0.3 is 9.26 Å². The number of hydrogen-bond acceptors (Lipinski definition) is 5. The second-order valence-corrected chi connectivity index (χ2v) is 3.89. The highest BCUT2D eigenvalue weighted by Crippen LogP contribution is 2.26. The highest BCUT2D eigenvalue weighted by Gasteiger charge is 2.20. The number of hydrogen-bond donors (Lipinski definition) is 0. The third-order valence-corrected chi connectivity index (χ3v) is 2.67. The Morgan fingerprint density at radius 1 is 1.42 bits per heavy atom. The number of aromatic nitrogens is 1. The summed E-state index contributed by atoms with van der Waals surface area (Å²) in [7, 11) is 0. The second-order valence-electron chi connectivity index (χ2n) is 3.89. The van der Waals surface area contributed by atoms with E-state index in [0.29, 0.717) is 16.9 Å². The van der Waals surface area contributed by atoms with Crippen molar-refractivity contribution < 1.29 is 14.1 Å². The Morgan fingerprint density at radius 3 is 2.68 bits per heavy atom. The summed E-state index contributed by atoms with van der Waals surface area (Å²) in [6.07, 6.45) is 0.